The van der Waals surface area contributed by atoms with Crippen LogP contribution in [0.25, 0.3) is 0 Å². The van der Waals surface area contributed by atoms with Crippen LogP contribution in [0, 0.1) is 23.5 Å². The number of likely N-dealkylation sites (tertiary alicyclic amines) is 1. The number of amides is 2. The molecule has 1 saturated heterocycles. The van der Waals surface area contributed by atoms with Gasteiger partial charge < -0.3 is 15.3 Å². The lowest BCUT2D eigenvalue weighted by molar-refractivity contribution is -0.140. The third-order valence-electron chi connectivity index (χ3n) is 7.10. The van der Waals surface area contributed by atoms with E-state index in [-0.39, 0.29) is 46.9 Å². The van der Waals surface area contributed by atoms with Crippen molar-refractivity contribution < 1.29 is 45.1 Å². The summed E-state index contributed by atoms with van der Waals surface area (Å²) in [6.07, 6.45) is -2.85. The largest absolute Gasteiger partial charge is 0.419 e. The Bertz CT molecular complexity index is 1410. The highest BCUT2D eigenvalue weighted by atomic mass is 32.2. The van der Waals surface area contributed by atoms with E-state index in [0.717, 1.165) is 12.3 Å². The van der Waals surface area contributed by atoms with Crippen LogP contribution in [-0.4, -0.2) is 49.1 Å². The van der Waals surface area contributed by atoms with E-state index >= 15 is 0 Å². The van der Waals surface area contributed by atoms with Crippen LogP contribution in [-0.2, 0) is 27.4 Å². The Morgan fingerprint density at radius 1 is 1.13 bits per heavy atom. The van der Waals surface area contributed by atoms with Gasteiger partial charge in [-0.05, 0) is 60.9 Å². The first kappa shape index (κ1) is 28.9. The maximum absolute atomic E-state index is 14.8. The molecule has 2 aromatic rings. The summed E-state index contributed by atoms with van der Waals surface area (Å²) in [6, 6.07) is 2.05. The molecule has 2 amide bonds. The smallest absolute Gasteiger partial charge is 0.392 e. The molecule has 3 atom stereocenters. The Labute approximate surface area is 221 Å². The molecular formula is C26H27F5N2O5S. The van der Waals surface area contributed by atoms with Crippen LogP contribution in [0.2, 0.25) is 0 Å². The number of nitrogens with zero attached hydrogens (tertiary/aromatic N) is 1. The fourth-order valence-corrected chi connectivity index (χ4v) is 5.59. The van der Waals surface area contributed by atoms with Crippen molar-refractivity contribution in [3.63, 3.8) is 0 Å². The van der Waals surface area contributed by atoms with Crippen LogP contribution >= 0.6 is 0 Å². The lowest BCUT2D eigenvalue weighted by atomic mass is 9.98. The topological polar surface area (TPSA) is 104 Å². The van der Waals surface area contributed by atoms with Gasteiger partial charge in [-0.2, -0.15) is 13.2 Å². The monoisotopic (exact) mass is 574 g/mol. The summed E-state index contributed by atoms with van der Waals surface area (Å²) in [6.45, 7) is 1.35. The number of aliphatic hydroxyl groups is 1. The van der Waals surface area contributed by atoms with Gasteiger partial charge in [-0.1, -0.05) is 13.0 Å². The predicted molar refractivity (Wildman–Crippen MR) is 129 cm³/mol. The molecule has 0 radical (unpaired) electrons. The zero-order chi connectivity index (χ0) is 28.9. The summed E-state index contributed by atoms with van der Waals surface area (Å²) >= 11 is 0. The standard InChI is InChI=1S/C26H27F5N2O5S/c1-13-7-22(33(11-13)25(36)17-8-16(39(2,37)38)6-5-15(17)12-34)24(35)32-23(14-3-4-14)18-9-21(28)19(10-20(18)27)26(29,30)31/h5-6,8-10,13-14,22-23,34H,3-4,7,11-12H2,1-2H3,(H,32,35)/t13-,22?,23-/m1/s1. The summed E-state index contributed by atoms with van der Waals surface area (Å²) in [7, 11) is -3.69. The Balaban J connectivity index is 1.63. The third kappa shape index (κ3) is 6.08. The number of nitrogens with one attached hydrogen (secondary N) is 1. The molecule has 39 heavy (non-hydrogen) atoms. The minimum Gasteiger partial charge on any atom is -0.392 e. The Kier molecular flexibility index (Phi) is 7.78. The normalized spacial score (nSPS) is 20.7. The number of rotatable bonds is 7. The van der Waals surface area contributed by atoms with Crippen molar-refractivity contribution in [2.45, 2.75) is 55.9 Å². The van der Waals surface area contributed by atoms with Gasteiger partial charge in [0.05, 0.1) is 23.1 Å². The van der Waals surface area contributed by atoms with Crippen LogP contribution in [0.15, 0.2) is 35.2 Å². The SMILES string of the molecule is C[C@@H]1CC(C(=O)N[C@@H](c2cc(F)c(C(F)(F)F)cc2F)C2CC2)N(C(=O)c2cc(S(C)(=O)=O)ccc2CO)C1. The molecule has 0 bridgehead atoms. The molecule has 0 spiro atoms. The molecule has 212 valence electrons. The van der Waals surface area contributed by atoms with Gasteiger partial charge in [0.2, 0.25) is 5.91 Å². The average molecular weight is 575 g/mol. The maximum Gasteiger partial charge on any atom is 0.419 e. The molecule has 2 aliphatic rings. The van der Waals surface area contributed by atoms with Gasteiger partial charge in [-0.25, -0.2) is 17.2 Å². The molecule has 1 aliphatic carbocycles. The third-order valence-corrected chi connectivity index (χ3v) is 8.21. The van der Waals surface area contributed by atoms with Crippen molar-refractivity contribution in [1.82, 2.24) is 10.2 Å². The van der Waals surface area contributed by atoms with E-state index in [4.69, 9.17) is 0 Å². The van der Waals surface area contributed by atoms with Crippen LogP contribution < -0.4 is 5.32 Å². The van der Waals surface area contributed by atoms with E-state index in [1.807, 2.05) is 0 Å². The molecule has 1 heterocycles. The Morgan fingerprint density at radius 3 is 2.36 bits per heavy atom. The quantitative estimate of drug-likeness (QED) is 0.487. The van der Waals surface area contributed by atoms with E-state index in [9.17, 15) is 45.1 Å². The van der Waals surface area contributed by atoms with Crippen LogP contribution in [0.1, 0.15) is 59.3 Å². The first-order valence-corrected chi connectivity index (χ1v) is 14.1. The fourth-order valence-electron chi connectivity index (χ4n) is 4.94. The zero-order valence-corrected chi connectivity index (χ0v) is 21.9. The van der Waals surface area contributed by atoms with Gasteiger partial charge in [0.25, 0.3) is 5.91 Å². The van der Waals surface area contributed by atoms with Crippen molar-refractivity contribution in [2.75, 3.05) is 12.8 Å². The summed E-state index contributed by atoms with van der Waals surface area (Å²) < 4.78 is 92.2. The number of hydrogen-bond acceptors (Lipinski definition) is 5. The van der Waals surface area contributed by atoms with Crippen molar-refractivity contribution in [2.24, 2.45) is 11.8 Å². The first-order chi connectivity index (χ1) is 18.1. The van der Waals surface area contributed by atoms with E-state index in [0.29, 0.717) is 18.9 Å². The molecule has 2 aromatic carbocycles. The van der Waals surface area contributed by atoms with Gasteiger partial charge >= 0.3 is 6.18 Å². The lowest BCUT2D eigenvalue weighted by Gasteiger charge is -2.28. The summed E-state index contributed by atoms with van der Waals surface area (Å²) in [5.74, 6) is -4.83. The van der Waals surface area contributed by atoms with E-state index in [1.165, 1.54) is 17.0 Å². The van der Waals surface area contributed by atoms with Crippen molar-refractivity contribution in [3.05, 3.63) is 64.2 Å². The highest BCUT2D eigenvalue weighted by Crippen LogP contribution is 2.43. The Morgan fingerprint density at radius 2 is 1.79 bits per heavy atom. The minimum absolute atomic E-state index is 0.0743. The van der Waals surface area contributed by atoms with Crippen molar-refractivity contribution in [1.29, 1.82) is 0 Å². The summed E-state index contributed by atoms with van der Waals surface area (Å²) in [4.78, 5) is 28.0. The highest BCUT2D eigenvalue weighted by Gasteiger charge is 2.43. The number of sulfone groups is 1. The fraction of sp³-hybridized carbons (Fsp3) is 0.462. The number of carbonyl (C=O) groups excluding carboxylic acids is 2. The number of hydrogen-bond donors (Lipinski definition) is 2. The number of carbonyl (C=O) groups is 2. The first-order valence-electron chi connectivity index (χ1n) is 12.2. The number of halogens is 5. The molecule has 7 nitrogen and oxygen atoms in total. The van der Waals surface area contributed by atoms with Crippen molar-refractivity contribution in [3.8, 4) is 0 Å². The average Bonchev–Trinajstić information content (AvgIpc) is 3.62. The second-order valence-electron chi connectivity index (χ2n) is 10.2. The summed E-state index contributed by atoms with van der Waals surface area (Å²) in [5.41, 5.74) is -2.10. The van der Waals surface area contributed by atoms with E-state index in [2.05, 4.69) is 5.32 Å². The summed E-state index contributed by atoms with van der Waals surface area (Å²) in [5, 5.41) is 12.3. The molecule has 1 aliphatic heterocycles. The highest BCUT2D eigenvalue weighted by molar-refractivity contribution is 7.90. The molecule has 0 aromatic heterocycles. The molecule has 1 unspecified atom stereocenters. The van der Waals surface area contributed by atoms with Crippen LogP contribution in [0.5, 0.6) is 0 Å². The van der Waals surface area contributed by atoms with E-state index < -0.39 is 69.3 Å². The van der Waals surface area contributed by atoms with Gasteiger partial charge in [0, 0.05) is 23.9 Å². The maximum atomic E-state index is 14.8. The second-order valence-corrected chi connectivity index (χ2v) is 12.3. The van der Waals surface area contributed by atoms with Crippen molar-refractivity contribution >= 4 is 21.7 Å². The predicted octanol–water partition coefficient (Wildman–Crippen LogP) is 4.00. The van der Waals surface area contributed by atoms with Gasteiger partial charge in [0.1, 0.15) is 17.7 Å². The van der Waals surface area contributed by atoms with Gasteiger partial charge in [-0.3, -0.25) is 9.59 Å². The molecule has 13 heteroatoms. The lowest BCUT2D eigenvalue weighted by Crippen LogP contribution is -2.47. The van der Waals surface area contributed by atoms with E-state index in [1.54, 1.807) is 6.92 Å². The number of benzene rings is 2. The Hall–Kier alpha value is -3.06. The van der Waals surface area contributed by atoms with Crippen LogP contribution in [0.4, 0.5) is 22.0 Å². The van der Waals surface area contributed by atoms with Gasteiger partial charge in [-0.15, -0.1) is 0 Å². The number of alkyl halides is 3. The minimum atomic E-state index is -5.09. The van der Waals surface area contributed by atoms with Crippen LogP contribution in [0.3, 0.4) is 0 Å². The molecular weight excluding hydrogens is 547 g/mol. The number of aliphatic hydroxyl groups excluding tert-OH is 1. The molecule has 1 saturated carbocycles. The molecule has 2 fully saturated rings. The zero-order valence-electron chi connectivity index (χ0n) is 21.1. The second kappa shape index (κ2) is 10.5. The molecule has 2 N–H and O–H groups in total. The molecule has 4 rings (SSSR count). The van der Waals surface area contributed by atoms with Gasteiger partial charge in [0.15, 0.2) is 9.84 Å².